The van der Waals surface area contributed by atoms with Crippen molar-refractivity contribution >= 4 is 0 Å². The third-order valence-electron chi connectivity index (χ3n) is 4.82. The molecule has 0 heterocycles. The van der Waals surface area contributed by atoms with Gasteiger partial charge in [0.2, 0.25) is 0 Å². The largest absolute Gasteiger partial charge is 0.0888 e. The molecule has 0 aliphatic heterocycles. The molecule has 0 aromatic carbocycles. The first-order valence-corrected chi connectivity index (χ1v) is 10.5. The minimum Gasteiger partial charge on any atom is -0.0888 e. The zero-order valence-corrected chi connectivity index (χ0v) is 16.0. The summed E-state index contributed by atoms with van der Waals surface area (Å²) in [6, 6.07) is 0. The number of unbranched alkanes of at least 4 members (excludes halogenated alkanes) is 9. The van der Waals surface area contributed by atoms with Crippen LogP contribution in [-0.4, -0.2) is 0 Å². The average Bonchev–Trinajstić information content (AvgIpc) is 2.53. The van der Waals surface area contributed by atoms with Crippen molar-refractivity contribution in [3.05, 3.63) is 12.2 Å². The minimum absolute atomic E-state index is 1.02. The predicted molar refractivity (Wildman–Crippen MR) is 104 cm³/mol. The Bertz CT molecular complexity index is 216. The van der Waals surface area contributed by atoms with Crippen LogP contribution in [-0.2, 0) is 0 Å². The average molecular weight is 309 g/mol. The molecule has 22 heavy (non-hydrogen) atoms. The van der Waals surface area contributed by atoms with Crippen LogP contribution >= 0.6 is 0 Å². The van der Waals surface area contributed by atoms with Crippen molar-refractivity contribution < 1.29 is 0 Å². The summed E-state index contributed by atoms with van der Waals surface area (Å²) in [6.45, 7) is 6.85. The third-order valence-corrected chi connectivity index (χ3v) is 4.82. The molecule has 0 aliphatic carbocycles. The molecular formula is C22H44. The highest BCUT2D eigenvalue weighted by Crippen LogP contribution is 2.24. The van der Waals surface area contributed by atoms with E-state index in [1.165, 1.54) is 103 Å². The van der Waals surface area contributed by atoms with E-state index in [1.807, 2.05) is 0 Å². The fraction of sp³-hybridized carbons (Fsp3) is 0.909. The Hall–Kier alpha value is -0.260. The van der Waals surface area contributed by atoms with Crippen LogP contribution in [0, 0.1) is 5.92 Å². The van der Waals surface area contributed by atoms with E-state index in [2.05, 4.69) is 32.9 Å². The maximum absolute atomic E-state index is 2.37. The zero-order valence-electron chi connectivity index (χ0n) is 16.0. The van der Waals surface area contributed by atoms with Gasteiger partial charge in [-0.2, -0.15) is 0 Å². The molecule has 0 radical (unpaired) electrons. The van der Waals surface area contributed by atoms with Gasteiger partial charge in [-0.05, 0) is 25.2 Å². The van der Waals surface area contributed by atoms with Gasteiger partial charge in [-0.15, -0.1) is 0 Å². The van der Waals surface area contributed by atoms with E-state index >= 15 is 0 Å². The van der Waals surface area contributed by atoms with Crippen LogP contribution in [0.4, 0.5) is 0 Å². The van der Waals surface area contributed by atoms with E-state index in [0.717, 1.165) is 5.92 Å². The summed E-state index contributed by atoms with van der Waals surface area (Å²) in [5.74, 6) is 1.02. The monoisotopic (exact) mass is 308 g/mol. The molecule has 0 saturated heterocycles. The van der Waals surface area contributed by atoms with Crippen molar-refractivity contribution in [2.75, 3.05) is 0 Å². The number of hydrogen-bond acceptors (Lipinski definition) is 0. The van der Waals surface area contributed by atoms with Gasteiger partial charge in [0.25, 0.3) is 0 Å². The summed E-state index contributed by atoms with van der Waals surface area (Å²) in [7, 11) is 0. The molecule has 0 heteroatoms. The van der Waals surface area contributed by atoms with Crippen LogP contribution in [0.3, 0.4) is 0 Å². The Morgan fingerprint density at radius 3 is 1.68 bits per heavy atom. The summed E-state index contributed by atoms with van der Waals surface area (Å²) >= 11 is 0. The van der Waals surface area contributed by atoms with Gasteiger partial charge in [0.05, 0.1) is 0 Å². The van der Waals surface area contributed by atoms with E-state index < -0.39 is 0 Å². The summed E-state index contributed by atoms with van der Waals surface area (Å²) in [5, 5.41) is 0. The molecule has 0 saturated carbocycles. The minimum atomic E-state index is 1.02. The van der Waals surface area contributed by atoms with Crippen LogP contribution < -0.4 is 0 Å². The first-order chi connectivity index (χ1) is 10.8. The van der Waals surface area contributed by atoms with Gasteiger partial charge in [0.15, 0.2) is 0 Å². The highest BCUT2D eigenvalue weighted by molar-refractivity contribution is 4.79. The van der Waals surface area contributed by atoms with Gasteiger partial charge in [0, 0.05) is 0 Å². The van der Waals surface area contributed by atoms with E-state index in [4.69, 9.17) is 0 Å². The molecule has 0 spiro atoms. The SMILES string of the molecule is CCC=CCCCCC(CCCCC)CCCCCCCC. The van der Waals surface area contributed by atoms with Gasteiger partial charge in [0.1, 0.15) is 0 Å². The highest BCUT2D eigenvalue weighted by Gasteiger charge is 2.08. The molecule has 0 bridgehead atoms. The van der Waals surface area contributed by atoms with E-state index in [0.29, 0.717) is 0 Å². The summed E-state index contributed by atoms with van der Waals surface area (Å²) in [4.78, 5) is 0. The number of allylic oxidation sites excluding steroid dienone is 2. The van der Waals surface area contributed by atoms with Crippen molar-refractivity contribution in [1.29, 1.82) is 0 Å². The maximum Gasteiger partial charge on any atom is -0.0351 e. The Morgan fingerprint density at radius 1 is 0.545 bits per heavy atom. The van der Waals surface area contributed by atoms with Crippen molar-refractivity contribution in [2.45, 2.75) is 124 Å². The second kappa shape index (κ2) is 18.8. The lowest BCUT2D eigenvalue weighted by atomic mass is 9.90. The molecule has 0 rings (SSSR count). The second-order valence-corrected chi connectivity index (χ2v) is 7.08. The fourth-order valence-corrected chi connectivity index (χ4v) is 3.31. The molecule has 132 valence electrons. The Labute approximate surface area is 142 Å². The lowest BCUT2D eigenvalue weighted by molar-refractivity contribution is 0.371. The molecule has 0 amide bonds. The van der Waals surface area contributed by atoms with Gasteiger partial charge in [-0.1, -0.05) is 116 Å². The third kappa shape index (κ3) is 16.1. The summed E-state index contributed by atoms with van der Waals surface area (Å²) < 4.78 is 0. The quantitative estimate of drug-likeness (QED) is 0.187. The van der Waals surface area contributed by atoms with E-state index in [-0.39, 0.29) is 0 Å². The molecule has 0 N–H and O–H groups in total. The first kappa shape index (κ1) is 21.7. The Morgan fingerprint density at radius 2 is 1.05 bits per heavy atom. The predicted octanol–water partition coefficient (Wildman–Crippen LogP) is 8.46. The normalized spacial score (nSPS) is 13.0. The van der Waals surface area contributed by atoms with Gasteiger partial charge in [-0.3, -0.25) is 0 Å². The van der Waals surface area contributed by atoms with Crippen molar-refractivity contribution in [1.82, 2.24) is 0 Å². The highest BCUT2D eigenvalue weighted by atomic mass is 14.1. The zero-order chi connectivity index (χ0) is 16.3. The smallest absolute Gasteiger partial charge is 0.0351 e. The molecule has 0 nitrogen and oxygen atoms in total. The number of rotatable bonds is 17. The van der Waals surface area contributed by atoms with Crippen molar-refractivity contribution in [3.8, 4) is 0 Å². The maximum atomic E-state index is 2.37. The fourth-order valence-electron chi connectivity index (χ4n) is 3.31. The molecule has 0 aromatic rings. The topological polar surface area (TPSA) is 0 Å². The van der Waals surface area contributed by atoms with Gasteiger partial charge >= 0.3 is 0 Å². The lowest BCUT2D eigenvalue weighted by Gasteiger charge is -2.16. The molecule has 1 unspecified atom stereocenters. The molecule has 0 aromatic heterocycles. The van der Waals surface area contributed by atoms with Gasteiger partial charge < -0.3 is 0 Å². The van der Waals surface area contributed by atoms with E-state index in [1.54, 1.807) is 0 Å². The van der Waals surface area contributed by atoms with Crippen LogP contribution in [0.15, 0.2) is 12.2 Å². The first-order valence-electron chi connectivity index (χ1n) is 10.5. The van der Waals surface area contributed by atoms with Crippen molar-refractivity contribution in [3.63, 3.8) is 0 Å². The summed E-state index contributed by atoms with van der Waals surface area (Å²) in [6.07, 6.45) is 27.5. The van der Waals surface area contributed by atoms with Crippen LogP contribution in [0.5, 0.6) is 0 Å². The summed E-state index contributed by atoms with van der Waals surface area (Å²) in [5.41, 5.74) is 0. The van der Waals surface area contributed by atoms with Crippen LogP contribution in [0.2, 0.25) is 0 Å². The molecule has 0 fully saturated rings. The van der Waals surface area contributed by atoms with Crippen molar-refractivity contribution in [2.24, 2.45) is 5.92 Å². The standard InChI is InChI=1S/C22H44/c1-4-7-10-12-14-17-20-22(19-16-9-6-3)21-18-15-13-11-8-5-2/h7,10,22H,4-6,8-9,11-21H2,1-3H3. The van der Waals surface area contributed by atoms with Gasteiger partial charge in [-0.25, -0.2) is 0 Å². The van der Waals surface area contributed by atoms with Crippen LogP contribution in [0.25, 0.3) is 0 Å². The van der Waals surface area contributed by atoms with E-state index in [9.17, 15) is 0 Å². The molecular weight excluding hydrogens is 264 g/mol. The lowest BCUT2D eigenvalue weighted by Crippen LogP contribution is -2.01. The van der Waals surface area contributed by atoms with Crippen LogP contribution in [0.1, 0.15) is 124 Å². The molecule has 0 aliphatic rings. The molecule has 1 atom stereocenters. The second-order valence-electron chi connectivity index (χ2n) is 7.08. The Balaban J connectivity index is 3.71. The Kier molecular flexibility index (Phi) is 18.6. The number of hydrogen-bond donors (Lipinski definition) is 0.